The van der Waals surface area contributed by atoms with Gasteiger partial charge in [0.25, 0.3) is 5.91 Å². The summed E-state index contributed by atoms with van der Waals surface area (Å²) in [6.07, 6.45) is 1.00. The largest absolute Gasteiger partial charge is 0.491 e. The Morgan fingerprint density at radius 3 is 2.44 bits per heavy atom. The fourth-order valence-electron chi connectivity index (χ4n) is 2.18. The molecule has 1 atom stereocenters. The first-order valence-corrected chi connectivity index (χ1v) is 8.57. The van der Waals surface area contributed by atoms with Gasteiger partial charge >= 0.3 is 0 Å². The van der Waals surface area contributed by atoms with Crippen molar-refractivity contribution < 1.29 is 9.53 Å². The molecule has 134 valence electrons. The molecule has 25 heavy (non-hydrogen) atoms. The molecule has 2 N–H and O–H groups in total. The number of nitrogens with zero attached hydrogens (tertiary/aromatic N) is 2. The van der Waals surface area contributed by atoms with Crippen molar-refractivity contribution in [3.05, 3.63) is 41.9 Å². The summed E-state index contributed by atoms with van der Waals surface area (Å²) in [5.74, 6) is 1.75. The molecule has 0 bridgehead atoms. The third kappa shape index (κ3) is 5.74. The van der Waals surface area contributed by atoms with Gasteiger partial charge in [-0.2, -0.15) is 0 Å². The molecule has 0 spiro atoms. The van der Waals surface area contributed by atoms with Crippen LogP contribution in [0.3, 0.4) is 0 Å². The van der Waals surface area contributed by atoms with Gasteiger partial charge in [0.1, 0.15) is 23.1 Å². The number of carbonyl (C=O) groups excluding carboxylic acids is 1. The second kappa shape index (κ2) is 8.46. The molecular formula is C19H26N4O2. The highest BCUT2D eigenvalue weighted by atomic mass is 16.5. The number of hydrogen-bond donors (Lipinski definition) is 2. The van der Waals surface area contributed by atoms with Crippen LogP contribution in [0.5, 0.6) is 5.75 Å². The lowest BCUT2D eigenvalue weighted by molar-refractivity contribution is 0.0934. The van der Waals surface area contributed by atoms with Gasteiger partial charge in [-0.25, -0.2) is 9.97 Å². The van der Waals surface area contributed by atoms with Gasteiger partial charge in [0.15, 0.2) is 0 Å². The molecule has 0 aliphatic carbocycles. The number of carbonyl (C=O) groups is 1. The summed E-state index contributed by atoms with van der Waals surface area (Å²) < 4.78 is 5.63. The summed E-state index contributed by atoms with van der Waals surface area (Å²) >= 11 is 0. The smallest absolute Gasteiger partial charge is 0.270 e. The molecule has 0 aliphatic rings. The van der Waals surface area contributed by atoms with E-state index in [1.165, 1.54) is 0 Å². The first-order chi connectivity index (χ1) is 11.9. The van der Waals surface area contributed by atoms with Gasteiger partial charge in [0, 0.05) is 17.8 Å². The highest BCUT2D eigenvalue weighted by Crippen LogP contribution is 2.20. The zero-order valence-electron chi connectivity index (χ0n) is 15.5. The lowest BCUT2D eigenvalue weighted by Crippen LogP contribution is -2.32. The van der Waals surface area contributed by atoms with E-state index in [0.717, 1.165) is 17.9 Å². The van der Waals surface area contributed by atoms with Gasteiger partial charge in [-0.05, 0) is 58.4 Å². The third-order valence-electron chi connectivity index (χ3n) is 3.56. The maximum Gasteiger partial charge on any atom is 0.270 e. The molecule has 1 heterocycles. The zero-order valence-corrected chi connectivity index (χ0v) is 15.5. The Bertz CT molecular complexity index is 714. The molecular weight excluding hydrogens is 316 g/mol. The summed E-state index contributed by atoms with van der Waals surface area (Å²) in [4.78, 5) is 20.8. The summed E-state index contributed by atoms with van der Waals surface area (Å²) in [5.41, 5.74) is 1.22. The first-order valence-electron chi connectivity index (χ1n) is 8.57. The molecule has 1 aromatic carbocycles. The second-order valence-corrected chi connectivity index (χ2v) is 6.28. The van der Waals surface area contributed by atoms with Crippen LogP contribution < -0.4 is 15.4 Å². The van der Waals surface area contributed by atoms with Crippen LogP contribution in [0.2, 0.25) is 0 Å². The van der Waals surface area contributed by atoms with E-state index >= 15 is 0 Å². The van der Waals surface area contributed by atoms with Crippen molar-refractivity contribution in [1.29, 1.82) is 0 Å². The van der Waals surface area contributed by atoms with Crippen LogP contribution in [0.25, 0.3) is 0 Å². The minimum atomic E-state index is -0.191. The van der Waals surface area contributed by atoms with Gasteiger partial charge in [-0.15, -0.1) is 0 Å². The van der Waals surface area contributed by atoms with Crippen molar-refractivity contribution in [3.8, 4) is 5.75 Å². The second-order valence-electron chi connectivity index (χ2n) is 6.28. The lowest BCUT2D eigenvalue weighted by Gasteiger charge is -2.13. The standard InChI is InChI=1S/C19H26N4O2/c1-6-13(4)20-19(24)17-11-18(22-14(5)21-17)23-15-7-9-16(10-8-15)25-12(2)3/h7-13H,6H2,1-5H3,(H,20,24)(H,21,22,23). The fourth-order valence-corrected chi connectivity index (χ4v) is 2.18. The van der Waals surface area contributed by atoms with Crippen LogP contribution in [-0.4, -0.2) is 28.0 Å². The van der Waals surface area contributed by atoms with E-state index in [0.29, 0.717) is 17.3 Å². The molecule has 2 rings (SSSR count). The predicted octanol–water partition coefficient (Wildman–Crippen LogP) is 3.84. The van der Waals surface area contributed by atoms with Gasteiger partial charge in [-0.3, -0.25) is 4.79 Å². The van der Waals surface area contributed by atoms with E-state index < -0.39 is 0 Å². The normalized spacial score (nSPS) is 11.9. The van der Waals surface area contributed by atoms with Gasteiger partial charge in [-0.1, -0.05) is 6.92 Å². The number of anilines is 2. The molecule has 0 saturated heterocycles. The average Bonchev–Trinajstić information content (AvgIpc) is 2.55. The molecule has 0 radical (unpaired) electrons. The Kier molecular flexibility index (Phi) is 6.33. The molecule has 6 nitrogen and oxygen atoms in total. The number of ether oxygens (including phenoxy) is 1. The number of hydrogen-bond acceptors (Lipinski definition) is 5. The Hall–Kier alpha value is -2.63. The molecule has 1 amide bonds. The molecule has 2 aromatic rings. The lowest BCUT2D eigenvalue weighted by atomic mass is 10.2. The zero-order chi connectivity index (χ0) is 18.4. The van der Waals surface area contributed by atoms with Crippen molar-refractivity contribution in [1.82, 2.24) is 15.3 Å². The van der Waals surface area contributed by atoms with Crippen LogP contribution in [0.4, 0.5) is 11.5 Å². The quantitative estimate of drug-likeness (QED) is 0.799. The van der Waals surface area contributed by atoms with Crippen LogP contribution in [-0.2, 0) is 0 Å². The van der Waals surface area contributed by atoms with E-state index in [1.807, 2.05) is 52.0 Å². The van der Waals surface area contributed by atoms with Crippen molar-refractivity contribution in [2.24, 2.45) is 0 Å². The van der Waals surface area contributed by atoms with Crippen molar-refractivity contribution in [2.75, 3.05) is 5.32 Å². The highest BCUT2D eigenvalue weighted by Gasteiger charge is 2.12. The third-order valence-corrected chi connectivity index (χ3v) is 3.56. The average molecular weight is 342 g/mol. The minimum Gasteiger partial charge on any atom is -0.491 e. The molecule has 1 aromatic heterocycles. The van der Waals surface area contributed by atoms with Crippen molar-refractivity contribution in [2.45, 2.75) is 53.2 Å². The van der Waals surface area contributed by atoms with Gasteiger partial charge in [0.05, 0.1) is 6.10 Å². The molecule has 0 fully saturated rings. The Balaban J connectivity index is 2.13. The van der Waals surface area contributed by atoms with Crippen LogP contribution in [0.15, 0.2) is 30.3 Å². The number of amides is 1. The number of rotatable bonds is 7. The summed E-state index contributed by atoms with van der Waals surface area (Å²) in [6, 6.07) is 9.37. The topological polar surface area (TPSA) is 76.1 Å². The Labute approximate surface area is 149 Å². The van der Waals surface area contributed by atoms with Gasteiger partial charge < -0.3 is 15.4 Å². The minimum absolute atomic E-state index is 0.104. The summed E-state index contributed by atoms with van der Waals surface area (Å²) in [6.45, 7) is 9.73. The van der Waals surface area contributed by atoms with E-state index in [2.05, 4.69) is 20.6 Å². The number of benzene rings is 1. The number of aromatic nitrogens is 2. The van der Waals surface area contributed by atoms with Crippen LogP contribution in [0, 0.1) is 6.92 Å². The highest BCUT2D eigenvalue weighted by molar-refractivity contribution is 5.93. The van der Waals surface area contributed by atoms with E-state index in [1.54, 1.807) is 13.0 Å². The van der Waals surface area contributed by atoms with E-state index in [4.69, 9.17) is 4.74 Å². The molecule has 0 saturated carbocycles. The van der Waals surface area contributed by atoms with Crippen LogP contribution in [0.1, 0.15) is 50.4 Å². The number of aryl methyl sites for hydroxylation is 1. The Morgan fingerprint density at radius 2 is 1.84 bits per heavy atom. The molecule has 6 heteroatoms. The maximum atomic E-state index is 12.3. The maximum absolute atomic E-state index is 12.3. The Morgan fingerprint density at radius 1 is 1.16 bits per heavy atom. The fraction of sp³-hybridized carbons (Fsp3) is 0.421. The summed E-state index contributed by atoms with van der Waals surface area (Å²) in [5, 5.41) is 6.12. The van der Waals surface area contributed by atoms with E-state index in [-0.39, 0.29) is 18.1 Å². The first kappa shape index (κ1) is 18.7. The van der Waals surface area contributed by atoms with Crippen molar-refractivity contribution in [3.63, 3.8) is 0 Å². The monoisotopic (exact) mass is 342 g/mol. The predicted molar refractivity (Wildman–Crippen MR) is 99.5 cm³/mol. The van der Waals surface area contributed by atoms with Crippen molar-refractivity contribution >= 4 is 17.4 Å². The molecule has 0 aliphatic heterocycles. The van der Waals surface area contributed by atoms with E-state index in [9.17, 15) is 4.79 Å². The summed E-state index contributed by atoms with van der Waals surface area (Å²) in [7, 11) is 0. The SMILES string of the molecule is CCC(C)NC(=O)c1cc(Nc2ccc(OC(C)C)cc2)nc(C)n1. The number of nitrogens with one attached hydrogen (secondary N) is 2. The molecule has 1 unspecified atom stereocenters. The van der Waals surface area contributed by atoms with Crippen LogP contribution >= 0.6 is 0 Å². The van der Waals surface area contributed by atoms with Gasteiger partial charge in [0.2, 0.25) is 0 Å².